The van der Waals surface area contributed by atoms with E-state index in [2.05, 4.69) is 75.1 Å². The lowest BCUT2D eigenvalue weighted by Gasteiger charge is -2.49. The van der Waals surface area contributed by atoms with Crippen molar-refractivity contribution < 1.29 is 10.0 Å². The van der Waals surface area contributed by atoms with E-state index in [4.69, 9.17) is 0 Å². The standard InChI is InChI=1S/C24H24BNO2/c1-23(2)16-8-5-6-11-20(16)26-21-13-12-15(25(27)28)14-19(21)24(3,4)18-10-7-9-17(23)22(18)26/h5-14,27-28H,1-4H3. The second kappa shape index (κ2) is 5.50. The smallest absolute Gasteiger partial charge is 0.423 e. The lowest BCUT2D eigenvalue weighted by molar-refractivity contribution is 0.425. The molecule has 2 aliphatic rings. The van der Waals surface area contributed by atoms with Crippen molar-refractivity contribution in [1.29, 1.82) is 0 Å². The Morgan fingerprint density at radius 3 is 1.93 bits per heavy atom. The van der Waals surface area contributed by atoms with E-state index in [-0.39, 0.29) is 10.8 Å². The van der Waals surface area contributed by atoms with Gasteiger partial charge >= 0.3 is 7.12 Å². The number of rotatable bonds is 1. The Bertz CT molecular complexity index is 1110. The van der Waals surface area contributed by atoms with Crippen LogP contribution in [0.25, 0.3) is 0 Å². The molecule has 0 aliphatic carbocycles. The fourth-order valence-electron chi connectivity index (χ4n) is 5.06. The molecule has 0 unspecified atom stereocenters. The maximum absolute atomic E-state index is 9.74. The molecular weight excluding hydrogens is 345 g/mol. The van der Waals surface area contributed by atoms with Crippen molar-refractivity contribution in [2.45, 2.75) is 38.5 Å². The van der Waals surface area contributed by atoms with E-state index in [1.165, 1.54) is 28.1 Å². The predicted octanol–water partition coefficient (Wildman–Crippen LogP) is 4.11. The molecule has 2 aliphatic heterocycles. The molecule has 0 aromatic heterocycles. The molecule has 3 nitrogen and oxygen atoms in total. The molecule has 0 saturated carbocycles. The van der Waals surface area contributed by atoms with Gasteiger partial charge in [0.15, 0.2) is 0 Å². The van der Waals surface area contributed by atoms with Crippen LogP contribution in [0.2, 0.25) is 0 Å². The van der Waals surface area contributed by atoms with Crippen LogP contribution in [0.1, 0.15) is 49.9 Å². The zero-order valence-corrected chi connectivity index (χ0v) is 16.7. The fraction of sp³-hybridized carbons (Fsp3) is 0.250. The van der Waals surface area contributed by atoms with Gasteiger partial charge in [0.2, 0.25) is 0 Å². The highest BCUT2D eigenvalue weighted by molar-refractivity contribution is 6.58. The summed E-state index contributed by atoms with van der Waals surface area (Å²) < 4.78 is 0. The number of benzene rings is 3. The third-order valence-corrected chi connectivity index (χ3v) is 6.66. The predicted molar refractivity (Wildman–Crippen MR) is 115 cm³/mol. The molecule has 0 spiro atoms. The Labute approximate surface area is 166 Å². The van der Waals surface area contributed by atoms with Gasteiger partial charge in [0.05, 0.1) is 17.1 Å². The first-order valence-electron chi connectivity index (χ1n) is 9.79. The average Bonchev–Trinajstić information content (AvgIpc) is 2.67. The highest BCUT2D eigenvalue weighted by atomic mass is 16.4. The Morgan fingerprint density at radius 1 is 0.679 bits per heavy atom. The molecule has 4 heteroatoms. The quantitative estimate of drug-likeness (QED) is 0.635. The molecule has 140 valence electrons. The largest absolute Gasteiger partial charge is 0.488 e. The molecule has 2 heterocycles. The van der Waals surface area contributed by atoms with Gasteiger partial charge in [-0.3, -0.25) is 0 Å². The van der Waals surface area contributed by atoms with Gasteiger partial charge in [-0.2, -0.15) is 0 Å². The lowest BCUT2D eigenvalue weighted by Crippen LogP contribution is -2.39. The number of fused-ring (bicyclic) bond motifs is 4. The number of anilines is 3. The minimum absolute atomic E-state index is 0.0900. The van der Waals surface area contributed by atoms with Crippen molar-refractivity contribution in [2.24, 2.45) is 0 Å². The zero-order chi connectivity index (χ0) is 19.8. The summed E-state index contributed by atoms with van der Waals surface area (Å²) in [6.45, 7) is 9.04. The van der Waals surface area contributed by atoms with Gasteiger partial charge < -0.3 is 14.9 Å². The van der Waals surface area contributed by atoms with E-state index in [1.807, 2.05) is 18.2 Å². The average molecular weight is 369 g/mol. The molecule has 0 bridgehead atoms. The van der Waals surface area contributed by atoms with Crippen LogP contribution >= 0.6 is 0 Å². The second-order valence-electron chi connectivity index (χ2n) is 8.95. The van der Waals surface area contributed by atoms with Crippen LogP contribution in [0.5, 0.6) is 0 Å². The Kier molecular flexibility index (Phi) is 3.44. The summed E-state index contributed by atoms with van der Waals surface area (Å²) >= 11 is 0. The van der Waals surface area contributed by atoms with Crippen LogP contribution in [0.3, 0.4) is 0 Å². The van der Waals surface area contributed by atoms with Crippen LogP contribution in [-0.4, -0.2) is 17.2 Å². The molecule has 0 saturated heterocycles. The summed E-state index contributed by atoms with van der Waals surface area (Å²) in [5, 5.41) is 19.5. The Hall–Kier alpha value is -2.56. The van der Waals surface area contributed by atoms with Crippen LogP contribution in [0.15, 0.2) is 60.7 Å². The minimum Gasteiger partial charge on any atom is -0.423 e. The van der Waals surface area contributed by atoms with E-state index in [0.29, 0.717) is 5.46 Å². The zero-order valence-electron chi connectivity index (χ0n) is 16.7. The summed E-state index contributed by atoms with van der Waals surface area (Å²) in [5.74, 6) is 0. The van der Waals surface area contributed by atoms with Crippen molar-refractivity contribution in [3.05, 3.63) is 82.9 Å². The van der Waals surface area contributed by atoms with Gasteiger partial charge in [-0.05, 0) is 39.8 Å². The number of hydrogen-bond donors (Lipinski definition) is 2. The third kappa shape index (κ3) is 2.08. The van der Waals surface area contributed by atoms with Crippen molar-refractivity contribution in [1.82, 2.24) is 0 Å². The Morgan fingerprint density at radius 2 is 1.25 bits per heavy atom. The summed E-state index contributed by atoms with van der Waals surface area (Å²) in [5.41, 5.74) is 8.77. The molecule has 5 rings (SSSR count). The van der Waals surface area contributed by atoms with Crippen LogP contribution < -0.4 is 10.4 Å². The number of nitrogens with zero attached hydrogens (tertiary/aromatic N) is 1. The summed E-state index contributed by atoms with van der Waals surface area (Å²) in [4.78, 5) is 2.36. The molecule has 0 radical (unpaired) electrons. The minimum atomic E-state index is -1.47. The van der Waals surface area contributed by atoms with Crippen molar-refractivity contribution in [3.63, 3.8) is 0 Å². The normalized spacial score (nSPS) is 17.4. The van der Waals surface area contributed by atoms with E-state index in [1.54, 1.807) is 0 Å². The van der Waals surface area contributed by atoms with Gasteiger partial charge in [0, 0.05) is 10.8 Å². The monoisotopic (exact) mass is 369 g/mol. The third-order valence-electron chi connectivity index (χ3n) is 6.66. The van der Waals surface area contributed by atoms with Gasteiger partial charge in [-0.25, -0.2) is 0 Å². The van der Waals surface area contributed by atoms with Crippen molar-refractivity contribution in [2.75, 3.05) is 4.90 Å². The first-order valence-corrected chi connectivity index (χ1v) is 9.79. The summed E-state index contributed by atoms with van der Waals surface area (Å²) in [6, 6.07) is 21.0. The van der Waals surface area contributed by atoms with Crippen molar-refractivity contribution in [3.8, 4) is 0 Å². The van der Waals surface area contributed by atoms with Crippen LogP contribution in [0.4, 0.5) is 17.1 Å². The van der Waals surface area contributed by atoms with Gasteiger partial charge in [0.1, 0.15) is 0 Å². The van der Waals surface area contributed by atoms with E-state index >= 15 is 0 Å². The first kappa shape index (κ1) is 17.5. The maximum atomic E-state index is 9.74. The Balaban J connectivity index is 1.91. The van der Waals surface area contributed by atoms with E-state index < -0.39 is 7.12 Å². The molecule has 0 amide bonds. The lowest BCUT2D eigenvalue weighted by atomic mass is 9.65. The maximum Gasteiger partial charge on any atom is 0.488 e. The summed E-state index contributed by atoms with van der Waals surface area (Å²) in [6.07, 6.45) is 0. The van der Waals surface area contributed by atoms with E-state index in [9.17, 15) is 10.0 Å². The fourth-order valence-corrected chi connectivity index (χ4v) is 5.06. The molecule has 0 fully saturated rings. The first-order chi connectivity index (χ1) is 13.2. The van der Waals surface area contributed by atoms with Gasteiger partial charge in [0.25, 0.3) is 0 Å². The van der Waals surface area contributed by atoms with E-state index in [0.717, 1.165) is 11.3 Å². The van der Waals surface area contributed by atoms with Crippen molar-refractivity contribution >= 4 is 29.6 Å². The molecule has 0 atom stereocenters. The van der Waals surface area contributed by atoms with Crippen LogP contribution in [0, 0.1) is 0 Å². The van der Waals surface area contributed by atoms with Crippen LogP contribution in [-0.2, 0) is 10.8 Å². The van der Waals surface area contributed by atoms with Gasteiger partial charge in [-0.1, -0.05) is 76.2 Å². The number of para-hydroxylation sites is 2. The van der Waals surface area contributed by atoms with Gasteiger partial charge in [-0.15, -0.1) is 0 Å². The molecular formula is C24H24BNO2. The summed E-state index contributed by atoms with van der Waals surface area (Å²) in [7, 11) is -1.47. The number of hydrogen-bond acceptors (Lipinski definition) is 3. The highest BCUT2D eigenvalue weighted by Gasteiger charge is 2.45. The molecule has 2 N–H and O–H groups in total. The molecule has 3 aromatic carbocycles. The highest BCUT2D eigenvalue weighted by Crippen LogP contribution is 2.59. The molecule has 28 heavy (non-hydrogen) atoms. The SMILES string of the molecule is CC1(C)c2ccccc2N2c3ccc(B(O)O)cc3C(C)(C)c3cccc1c32. The second-order valence-corrected chi connectivity index (χ2v) is 8.95. The molecule has 3 aromatic rings. The topological polar surface area (TPSA) is 43.7 Å².